The average Bonchev–Trinajstić information content (AvgIpc) is 2.64. The Morgan fingerprint density at radius 1 is 0.964 bits per heavy atom. The number of hydrogen-bond donors (Lipinski definition) is 0. The largest absolute Gasteiger partial charge is 0.496 e. The third kappa shape index (κ3) is 5.58. The molecule has 0 spiro atoms. The number of rotatable bonds is 3. The smallest absolute Gasteiger partial charge is 0.345 e. The molecule has 7 nitrogen and oxygen atoms in total. The highest BCUT2D eigenvalue weighted by molar-refractivity contribution is 6.06. The molecule has 2 rings (SSSR count). The van der Waals surface area contributed by atoms with Crippen molar-refractivity contribution in [3.8, 4) is 17.2 Å². The van der Waals surface area contributed by atoms with Crippen LogP contribution in [-0.4, -0.2) is 38.0 Å². The first-order valence-corrected chi connectivity index (χ1v) is 9.35. The quantitative estimate of drug-likeness (QED) is 0.335. The van der Waals surface area contributed by atoms with Crippen molar-refractivity contribution in [2.45, 2.75) is 46.0 Å². The van der Waals surface area contributed by atoms with E-state index in [1.54, 1.807) is 0 Å². The topological polar surface area (TPSA) is 88.1 Å². The maximum Gasteiger partial charge on any atom is 0.345 e. The molecule has 1 aromatic carbocycles. The van der Waals surface area contributed by atoms with E-state index in [2.05, 4.69) is 12.2 Å². The Labute approximate surface area is 164 Å². The van der Waals surface area contributed by atoms with Crippen molar-refractivity contribution in [3.05, 3.63) is 29.3 Å². The van der Waals surface area contributed by atoms with Gasteiger partial charge >= 0.3 is 11.9 Å². The molecule has 1 aromatic rings. The number of ketones is 1. The fourth-order valence-corrected chi connectivity index (χ4v) is 2.89. The number of benzene rings is 1. The lowest BCUT2D eigenvalue weighted by atomic mass is 10.0. The highest BCUT2D eigenvalue weighted by atomic mass is 16.6. The SMILES string of the molecule is COc1cc(OC(C)=O)c2c(c1C(C)=O)OCCCC/C=C\CCCOC2=O. The van der Waals surface area contributed by atoms with Crippen LogP contribution >= 0.6 is 0 Å². The number of ether oxygens (including phenoxy) is 4. The fourth-order valence-electron chi connectivity index (χ4n) is 2.89. The number of hydrogen-bond acceptors (Lipinski definition) is 7. The van der Waals surface area contributed by atoms with E-state index in [0.717, 1.165) is 25.7 Å². The lowest BCUT2D eigenvalue weighted by molar-refractivity contribution is -0.131. The molecule has 152 valence electrons. The first-order chi connectivity index (χ1) is 13.5. The van der Waals surface area contributed by atoms with Crippen LogP contribution < -0.4 is 14.2 Å². The number of cyclic esters (lactones) is 1. The van der Waals surface area contributed by atoms with Gasteiger partial charge in [-0.15, -0.1) is 0 Å². The van der Waals surface area contributed by atoms with E-state index in [4.69, 9.17) is 18.9 Å². The summed E-state index contributed by atoms with van der Waals surface area (Å²) in [5.74, 6) is -1.52. The predicted octanol–water partition coefficient (Wildman–Crippen LogP) is 3.88. The average molecular weight is 390 g/mol. The van der Waals surface area contributed by atoms with Crippen molar-refractivity contribution >= 4 is 17.7 Å². The minimum atomic E-state index is -0.711. The van der Waals surface area contributed by atoms with Crippen LogP contribution in [0.15, 0.2) is 18.2 Å². The van der Waals surface area contributed by atoms with Gasteiger partial charge in [0.2, 0.25) is 0 Å². The fraction of sp³-hybridized carbons (Fsp3) is 0.476. The lowest BCUT2D eigenvalue weighted by Gasteiger charge is -2.19. The molecular formula is C21H26O7. The molecule has 1 aliphatic rings. The van der Waals surface area contributed by atoms with E-state index in [-0.39, 0.29) is 40.8 Å². The predicted molar refractivity (Wildman–Crippen MR) is 102 cm³/mol. The Bertz CT molecular complexity index is 765. The molecule has 1 heterocycles. The van der Waals surface area contributed by atoms with Gasteiger partial charge in [0.05, 0.1) is 20.3 Å². The van der Waals surface area contributed by atoms with Gasteiger partial charge in [0.15, 0.2) is 17.3 Å². The summed E-state index contributed by atoms with van der Waals surface area (Å²) in [6.45, 7) is 3.07. The number of allylic oxidation sites excluding steroid dienone is 2. The van der Waals surface area contributed by atoms with E-state index < -0.39 is 11.9 Å². The summed E-state index contributed by atoms with van der Waals surface area (Å²) >= 11 is 0. The number of carbonyl (C=O) groups is 3. The van der Waals surface area contributed by atoms with Crippen molar-refractivity contribution in [3.63, 3.8) is 0 Å². The molecule has 0 saturated heterocycles. The lowest BCUT2D eigenvalue weighted by Crippen LogP contribution is -2.16. The molecular weight excluding hydrogens is 364 g/mol. The molecule has 0 aromatic heterocycles. The van der Waals surface area contributed by atoms with Gasteiger partial charge in [-0.25, -0.2) is 4.79 Å². The first kappa shape index (κ1) is 21.5. The van der Waals surface area contributed by atoms with Gasteiger partial charge in [-0.3, -0.25) is 9.59 Å². The van der Waals surface area contributed by atoms with Crippen LogP contribution in [-0.2, 0) is 9.53 Å². The maximum absolute atomic E-state index is 12.8. The van der Waals surface area contributed by atoms with Gasteiger partial charge in [-0.2, -0.15) is 0 Å². The zero-order chi connectivity index (χ0) is 20.5. The molecule has 0 radical (unpaired) electrons. The summed E-state index contributed by atoms with van der Waals surface area (Å²) in [6, 6.07) is 1.34. The van der Waals surface area contributed by atoms with E-state index in [0.29, 0.717) is 13.0 Å². The Morgan fingerprint density at radius 3 is 2.29 bits per heavy atom. The Hall–Kier alpha value is -2.83. The van der Waals surface area contributed by atoms with Crippen molar-refractivity contribution in [2.24, 2.45) is 0 Å². The van der Waals surface area contributed by atoms with Crippen molar-refractivity contribution in [1.29, 1.82) is 0 Å². The normalized spacial score (nSPS) is 16.6. The third-order valence-electron chi connectivity index (χ3n) is 4.17. The zero-order valence-electron chi connectivity index (χ0n) is 16.5. The molecule has 0 fully saturated rings. The van der Waals surface area contributed by atoms with Crippen molar-refractivity contribution < 1.29 is 33.3 Å². The standard InChI is InChI=1S/C21H26O7/c1-14(22)18-16(25-3)13-17(28-15(2)23)19-20(18)26-11-9-7-5-4-6-8-10-12-27-21(19)24/h4,6,13H,5,7-12H2,1-3H3/b6-4-. The van der Waals surface area contributed by atoms with Crippen LogP contribution in [0.2, 0.25) is 0 Å². The summed E-state index contributed by atoms with van der Waals surface area (Å²) in [4.78, 5) is 36.6. The Balaban J connectivity index is 2.58. The van der Waals surface area contributed by atoms with Gasteiger partial charge < -0.3 is 18.9 Å². The number of fused-ring (bicyclic) bond motifs is 1. The second-order valence-corrected chi connectivity index (χ2v) is 6.40. The molecule has 0 atom stereocenters. The van der Waals surface area contributed by atoms with Crippen LogP contribution in [0.1, 0.15) is 66.7 Å². The zero-order valence-corrected chi connectivity index (χ0v) is 16.5. The van der Waals surface area contributed by atoms with Crippen molar-refractivity contribution in [1.82, 2.24) is 0 Å². The van der Waals surface area contributed by atoms with Crippen LogP contribution in [0, 0.1) is 0 Å². The van der Waals surface area contributed by atoms with Crippen LogP contribution in [0.3, 0.4) is 0 Å². The second kappa shape index (κ2) is 10.5. The monoisotopic (exact) mass is 390 g/mol. The minimum Gasteiger partial charge on any atom is -0.496 e. The number of Topliss-reactive ketones (excluding diaryl/α,β-unsaturated/α-hetero) is 1. The summed E-state index contributed by atoms with van der Waals surface area (Å²) in [6.07, 6.45) is 8.20. The van der Waals surface area contributed by atoms with Gasteiger partial charge in [-0.1, -0.05) is 12.2 Å². The molecule has 0 aliphatic carbocycles. The third-order valence-corrected chi connectivity index (χ3v) is 4.17. The molecule has 0 bridgehead atoms. The number of carbonyl (C=O) groups excluding carboxylic acids is 3. The molecule has 7 heteroatoms. The number of methoxy groups -OCH3 is 1. The van der Waals surface area contributed by atoms with Gasteiger partial charge in [0.1, 0.15) is 16.9 Å². The van der Waals surface area contributed by atoms with E-state index in [1.165, 1.54) is 27.0 Å². The van der Waals surface area contributed by atoms with Crippen LogP contribution in [0.4, 0.5) is 0 Å². The van der Waals surface area contributed by atoms with Gasteiger partial charge in [0.25, 0.3) is 0 Å². The Kier molecular flexibility index (Phi) is 8.04. The molecule has 28 heavy (non-hydrogen) atoms. The molecule has 0 unspecified atom stereocenters. The van der Waals surface area contributed by atoms with E-state index in [9.17, 15) is 14.4 Å². The summed E-state index contributed by atoms with van der Waals surface area (Å²) < 4.78 is 21.7. The summed E-state index contributed by atoms with van der Waals surface area (Å²) in [5.41, 5.74) is 0.0474. The number of esters is 2. The Morgan fingerprint density at radius 2 is 1.64 bits per heavy atom. The van der Waals surface area contributed by atoms with Crippen molar-refractivity contribution in [2.75, 3.05) is 20.3 Å². The highest BCUT2D eigenvalue weighted by Crippen LogP contribution is 2.40. The minimum absolute atomic E-state index is 0.0284. The van der Waals surface area contributed by atoms with E-state index >= 15 is 0 Å². The van der Waals surface area contributed by atoms with Crippen LogP contribution in [0.5, 0.6) is 17.2 Å². The molecule has 0 saturated carbocycles. The molecule has 1 aliphatic heterocycles. The van der Waals surface area contributed by atoms with Crippen LogP contribution in [0.25, 0.3) is 0 Å². The molecule has 0 N–H and O–H groups in total. The van der Waals surface area contributed by atoms with Gasteiger partial charge in [0, 0.05) is 13.0 Å². The first-order valence-electron chi connectivity index (χ1n) is 9.35. The second-order valence-electron chi connectivity index (χ2n) is 6.40. The summed E-state index contributed by atoms with van der Waals surface area (Å²) in [7, 11) is 1.39. The summed E-state index contributed by atoms with van der Waals surface area (Å²) in [5, 5.41) is 0. The van der Waals surface area contributed by atoms with Gasteiger partial charge in [-0.05, 0) is 39.0 Å². The highest BCUT2D eigenvalue weighted by Gasteiger charge is 2.30. The maximum atomic E-state index is 12.8. The molecule has 0 amide bonds. The van der Waals surface area contributed by atoms with E-state index in [1.807, 2.05) is 0 Å².